The predicted molar refractivity (Wildman–Crippen MR) is 81.9 cm³/mol. The molecule has 0 bridgehead atoms. The molecule has 2 N–H and O–H groups in total. The highest BCUT2D eigenvalue weighted by atomic mass is 79.9. The first-order valence-corrected chi connectivity index (χ1v) is 8.65. The quantitative estimate of drug-likeness (QED) is 0.539. The topological polar surface area (TPSA) is 110 Å². The van der Waals surface area contributed by atoms with E-state index in [1.807, 2.05) is 6.92 Å². The number of aliphatic hydroxyl groups is 1. The normalized spacial score (nSPS) is 13.1. The summed E-state index contributed by atoms with van der Waals surface area (Å²) in [6.45, 7) is 1.67. The molecule has 1 rings (SSSR count). The zero-order chi connectivity index (χ0) is 16.2. The third kappa shape index (κ3) is 4.89. The molecule has 0 unspecified atom stereocenters. The first-order valence-electron chi connectivity index (χ1n) is 6.00. The smallest absolute Gasteiger partial charge is 0.272 e. The number of nitrogens with zero attached hydrogens (tertiary/aromatic N) is 1. The zero-order valence-corrected chi connectivity index (χ0v) is 14.2. The number of benzene rings is 1. The minimum atomic E-state index is -4.06. The average molecular weight is 402 g/mol. The predicted octanol–water partition coefficient (Wildman–Crippen LogP) is 2.45. The molecule has 0 radical (unpaired) electrons. The average Bonchev–Trinajstić information content (AvgIpc) is 2.39. The van der Waals surface area contributed by atoms with Crippen molar-refractivity contribution in [3.05, 3.63) is 31.7 Å². The van der Waals surface area contributed by atoms with Gasteiger partial charge in [0.1, 0.15) is 4.90 Å². The van der Waals surface area contributed by atoms with E-state index in [1.54, 1.807) is 0 Å². The lowest BCUT2D eigenvalue weighted by Crippen LogP contribution is -2.32. The molecule has 0 fully saturated rings. The second-order valence-corrected chi connectivity index (χ2v) is 7.26. The van der Waals surface area contributed by atoms with Gasteiger partial charge in [-0.15, -0.1) is 0 Å². The van der Waals surface area contributed by atoms with Gasteiger partial charge in [0, 0.05) is 23.2 Å². The van der Waals surface area contributed by atoms with Crippen LogP contribution in [0.1, 0.15) is 19.8 Å². The van der Waals surface area contributed by atoms with E-state index in [0.717, 1.165) is 12.1 Å². The van der Waals surface area contributed by atoms with Gasteiger partial charge in [-0.1, -0.05) is 24.9 Å². The first-order chi connectivity index (χ1) is 9.69. The summed E-state index contributed by atoms with van der Waals surface area (Å²) >= 11 is 8.86. The lowest BCUT2D eigenvalue weighted by molar-refractivity contribution is -0.385. The highest BCUT2D eigenvalue weighted by molar-refractivity contribution is 9.10. The van der Waals surface area contributed by atoms with Gasteiger partial charge in [-0.2, -0.15) is 0 Å². The van der Waals surface area contributed by atoms with Crippen LogP contribution in [0.2, 0.25) is 5.02 Å². The molecule has 7 nitrogen and oxygen atoms in total. The Kier molecular flexibility index (Phi) is 6.54. The number of sulfonamides is 1. The van der Waals surface area contributed by atoms with Crippen molar-refractivity contribution in [1.29, 1.82) is 0 Å². The molecule has 0 aromatic heterocycles. The van der Waals surface area contributed by atoms with Crippen molar-refractivity contribution in [2.45, 2.75) is 30.8 Å². The van der Waals surface area contributed by atoms with E-state index in [9.17, 15) is 23.6 Å². The van der Waals surface area contributed by atoms with Crippen LogP contribution in [0.15, 0.2) is 21.5 Å². The van der Waals surface area contributed by atoms with Crippen LogP contribution in [0, 0.1) is 10.1 Å². The van der Waals surface area contributed by atoms with Crippen LogP contribution in [0.4, 0.5) is 5.69 Å². The molecule has 0 aliphatic heterocycles. The van der Waals surface area contributed by atoms with Gasteiger partial charge >= 0.3 is 0 Å². The van der Waals surface area contributed by atoms with Gasteiger partial charge in [0.25, 0.3) is 5.69 Å². The van der Waals surface area contributed by atoms with Crippen molar-refractivity contribution < 1.29 is 18.4 Å². The van der Waals surface area contributed by atoms with E-state index < -0.39 is 31.6 Å². The summed E-state index contributed by atoms with van der Waals surface area (Å²) in [6, 6.07) is 1.99. The third-order valence-electron chi connectivity index (χ3n) is 2.61. The number of halogens is 2. The number of nitro benzene ring substituents is 1. The molecule has 0 amide bonds. The Balaban J connectivity index is 3.10. The van der Waals surface area contributed by atoms with Crippen molar-refractivity contribution in [2.75, 3.05) is 6.54 Å². The molecule has 10 heteroatoms. The lowest BCUT2D eigenvalue weighted by atomic mass is 10.2. The Hall–Kier alpha value is -0.740. The van der Waals surface area contributed by atoms with Gasteiger partial charge in [-0.25, -0.2) is 13.1 Å². The van der Waals surface area contributed by atoms with Gasteiger partial charge in [0.2, 0.25) is 10.0 Å². The second-order valence-electron chi connectivity index (χ2n) is 4.29. The Bertz CT molecular complexity index is 638. The lowest BCUT2D eigenvalue weighted by Gasteiger charge is -2.12. The van der Waals surface area contributed by atoms with Crippen LogP contribution in [-0.2, 0) is 10.0 Å². The first kappa shape index (κ1) is 18.3. The maximum atomic E-state index is 12.1. The number of nitrogens with one attached hydrogen (secondary N) is 1. The SMILES string of the molecule is CCC[C@H](O)CNS(=O)(=O)c1cc([N+](=O)[O-])cc(Br)c1Cl. The monoisotopic (exact) mass is 400 g/mol. The number of hydrogen-bond donors (Lipinski definition) is 2. The summed E-state index contributed by atoms with van der Waals surface area (Å²) in [6.07, 6.45) is 0.312. The van der Waals surface area contributed by atoms with E-state index in [0.29, 0.717) is 12.8 Å². The molecule has 21 heavy (non-hydrogen) atoms. The molecule has 1 aromatic rings. The van der Waals surface area contributed by atoms with Crippen molar-refractivity contribution in [3.63, 3.8) is 0 Å². The molecule has 0 saturated heterocycles. The van der Waals surface area contributed by atoms with E-state index in [-0.39, 0.29) is 16.0 Å². The number of non-ortho nitro benzene ring substituents is 1. The van der Waals surface area contributed by atoms with Crippen molar-refractivity contribution >= 4 is 43.2 Å². The standard InChI is InChI=1S/C11H14BrClN2O5S/c1-2-3-8(16)6-14-21(19,20)10-5-7(15(17)18)4-9(12)11(10)13/h4-5,8,14,16H,2-3,6H2,1H3/t8-/m0/s1. The minimum absolute atomic E-state index is 0.104. The third-order valence-corrected chi connectivity index (χ3v) is 5.43. The molecule has 1 aromatic carbocycles. The number of aliphatic hydroxyl groups excluding tert-OH is 1. The van der Waals surface area contributed by atoms with E-state index in [2.05, 4.69) is 20.7 Å². The summed E-state index contributed by atoms with van der Waals surface area (Å²) in [5.74, 6) is 0. The number of rotatable bonds is 7. The molecule has 1 atom stereocenters. The molecular weight excluding hydrogens is 388 g/mol. The Morgan fingerprint density at radius 1 is 1.52 bits per heavy atom. The summed E-state index contributed by atoms with van der Waals surface area (Å²) in [4.78, 5) is 9.66. The minimum Gasteiger partial charge on any atom is -0.392 e. The molecule has 0 aliphatic carbocycles. The number of hydrogen-bond acceptors (Lipinski definition) is 5. The molecule has 0 spiro atoms. The Morgan fingerprint density at radius 2 is 2.14 bits per heavy atom. The van der Waals surface area contributed by atoms with Gasteiger partial charge in [0.05, 0.1) is 16.0 Å². The fraction of sp³-hybridized carbons (Fsp3) is 0.455. The fourth-order valence-corrected chi connectivity index (χ4v) is 3.75. The largest absolute Gasteiger partial charge is 0.392 e. The van der Waals surface area contributed by atoms with Gasteiger partial charge in [0.15, 0.2) is 0 Å². The second kappa shape index (κ2) is 7.50. The summed E-state index contributed by atoms with van der Waals surface area (Å²) in [5.41, 5.74) is -0.402. The van der Waals surface area contributed by atoms with E-state index >= 15 is 0 Å². The van der Waals surface area contributed by atoms with E-state index in [1.165, 1.54) is 0 Å². The Morgan fingerprint density at radius 3 is 2.67 bits per heavy atom. The van der Waals surface area contributed by atoms with Crippen LogP contribution in [0.25, 0.3) is 0 Å². The van der Waals surface area contributed by atoms with Crippen molar-refractivity contribution in [1.82, 2.24) is 4.72 Å². The van der Waals surface area contributed by atoms with Gasteiger partial charge in [-0.3, -0.25) is 10.1 Å². The van der Waals surface area contributed by atoms with Gasteiger partial charge < -0.3 is 5.11 Å². The van der Waals surface area contributed by atoms with Crippen molar-refractivity contribution in [2.24, 2.45) is 0 Å². The highest BCUT2D eigenvalue weighted by Gasteiger charge is 2.24. The molecule has 0 saturated carbocycles. The fourth-order valence-electron chi connectivity index (χ4n) is 1.57. The summed E-state index contributed by atoms with van der Waals surface area (Å²) < 4.78 is 26.6. The summed E-state index contributed by atoms with van der Waals surface area (Å²) in [7, 11) is -4.06. The van der Waals surface area contributed by atoms with E-state index in [4.69, 9.17) is 11.6 Å². The molecule has 118 valence electrons. The maximum Gasteiger partial charge on any atom is 0.272 e. The van der Waals surface area contributed by atoms with Gasteiger partial charge in [-0.05, 0) is 22.4 Å². The van der Waals surface area contributed by atoms with Crippen LogP contribution in [-0.4, -0.2) is 31.1 Å². The molecule has 0 heterocycles. The highest BCUT2D eigenvalue weighted by Crippen LogP contribution is 2.33. The number of nitro groups is 1. The summed E-state index contributed by atoms with van der Waals surface area (Å²) in [5, 5.41) is 20.2. The zero-order valence-electron chi connectivity index (χ0n) is 11.0. The van der Waals surface area contributed by atoms with Crippen LogP contribution in [0.3, 0.4) is 0 Å². The van der Waals surface area contributed by atoms with Crippen molar-refractivity contribution in [3.8, 4) is 0 Å². The molecular formula is C11H14BrClN2O5S. The van der Waals surface area contributed by atoms with Crippen LogP contribution < -0.4 is 4.72 Å². The molecule has 0 aliphatic rings. The Labute approximate surface area is 135 Å². The van der Waals surface area contributed by atoms with Crippen LogP contribution >= 0.6 is 27.5 Å². The maximum absolute atomic E-state index is 12.1. The van der Waals surface area contributed by atoms with Crippen LogP contribution in [0.5, 0.6) is 0 Å².